The number of hydrogen-bond donors (Lipinski definition) is 1. The maximum atomic E-state index is 13.0. The van der Waals surface area contributed by atoms with Gasteiger partial charge in [-0.1, -0.05) is 45.7 Å². The molecule has 0 spiro atoms. The highest BCUT2D eigenvalue weighted by Crippen LogP contribution is 2.28. The predicted molar refractivity (Wildman–Crippen MR) is 116 cm³/mol. The lowest BCUT2D eigenvalue weighted by atomic mass is 10.0. The number of imide groups is 1. The Kier molecular flexibility index (Phi) is 6.87. The molecule has 1 atom stereocenters. The SMILES string of the molecule is CCCCCOc1ccc(NC(=O)C(C(C)C)N2C(=O)c3ccccc3C2=O)cc1. The number of benzene rings is 2. The average molecular weight is 408 g/mol. The molecule has 1 aliphatic rings. The summed E-state index contributed by atoms with van der Waals surface area (Å²) in [6.45, 7) is 6.45. The van der Waals surface area contributed by atoms with Gasteiger partial charge in [-0.05, 0) is 48.7 Å². The minimum Gasteiger partial charge on any atom is -0.494 e. The molecule has 2 aromatic carbocycles. The van der Waals surface area contributed by atoms with Crippen LogP contribution in [0.1, 0.15) is 60.7 Å². The molecule has 3 amide bonds. The van der Waals surface area contributed by atoms with Crippen molar-refractivity contribution in [3.05, 3.63) is 59.7 Å². The first-order valence-corrected chi connectivity index (χ1v) is 10.4. The summed E-state index contributed by atoms with van der Waals surface area (Å²) >= 11 is 0. The zero-order chi connectivity index (χ0) is 21.7. The van der Waals surface area contributed by atoms with Crippen LogP contribution in [0.25, 0.3) is 0 Å². The summed E-state index contributed by atoms with van der Waals surface area (Å²) in [5.41, 5.74) is 1.26. The third kappa shape index (κ3) is 4.53. The molecule has 1 unspecified atom stereocenters. The summed E-state index contributed by atoms with van der Waals surface area (Å²) in [6.07, 6.45) is 3.27. The van der Waals surface area contributed by atoms with Crippen LogP contribution in [0.4, 0.5) is 5.69 Å². The second-order valence-corrected chi connectivity index (χ2v) is 7.78. The minimum absolute atomic E-state index is 0.242. The van der Waals surface area contributed by atoms with Gasteiger partial charge in [-0.2, -0.15) is 0 Å². The first-order chi connectivity index (χ1) is 14.4. The van der Waals surface area contributed by atoms with E-state index in [1.807, 2.05) is 13.8 Å². The highest BCUT2D eigenvalue weighted by molar-refractivity contribution is 6.23. The van der Waals surface area contributed by atoms with E-state index in [4.69, 9.17) is 4.74 Å². The normalized spacial score (nSPS) is 14.1. The third-order valence-electron chi connectivity index (χ3n) is 5.14. The van der Waals surface area contributed by atoms with Crippen LogP contribution in [0.3, 0.4) is 0 Å². The van der Waals surface area contributed by atoms with Crippen molar-refractivity contribution < 1.29 is 19.1 Å². The first-order valence-electron chi connectivity index (χ1n) is 10.4. The highest BCUT2D eigenvalue weighted by atomic mass is 16.5. The molecule has 1 aliphatic heterocycles. The van der Waals surface area contributed by atoms with E-state index in [9.17, 15) is 14.4 Å². The van der Waals surface area contributed by atoms with Gasteiger partial charge in [0.2, 0.25) is 5.91 Å². The molecule has 30 heavy (non-hydrogen) atoms. The van der Waals surface area contributed by atoms with Crippen molar-refractivity contribution in [2.45, 2.75) is 46.1 Å². The van der Waals surface area contributed by atoms with E-state index in [0.29, 0.717) is 23.4 Å². The summed E-state index contributed by atoms with van der Waals surface area (Å²) < 4.78 is 5.69. The second-order valence-electron chi connectivity index (χ2n) is 7.78. The highest BCUT2D eigenvalue weighted by Gasteiger charge is 2.43. The summed E-state index contributed by atoms with van der Waals surface area (Å²) in [4.78, 5) is 39.7. The quantitative estimate of drug-likeness (QED) is 0.489. The molecule has 0 radical (unpaired) electrons. The van der Waals surface area contributed by atoms with E-state index >= 15 is 0 Å². The van der Waals surface area contributed by atoms with Crippen LogP contribution in [-0.2, 0) is 4.79 Å². The number of unbranched alkanes of at least 4 members (excludes halogenated alkanes) is 2. The number of nitrogens with one attached hydrogen (secondary N) is 1. The zero-order valence-electron chi connectivity index (χ0n) is 17.7. The first kappa shape index (κ1) is 21.6. The number of hydrogen-bond acceptors (Lipinski definition) is 4. The van der Waals surface area contributed by atoms with Crippen molar-refractivity contribution in [2.24, 2.45) is 5.92 Å². The molecule has 6 heteroatoms. The van der Waals surface area contributed by atoms with Gasteiger partial charge in [0.15, 0.2) is 0 Å². The lowest BCUT2D eigenvalue weighted by Gasteiger charge is -2.28. The van der Waals surface area contributed by atoms with E-state index in [-0.39, 0.29) is 5.92 Å². The van der Waals surface area contributed by atoms with Crippen molar-refractivity contribution in [3.63, 3.8) is 0 Å². The Bertz CT molecular complexity index is 886. The molecule has 0 saturated heterocycles. The average Bonchev–Trinajstić information content (AvgIpc) is 2.98. The second kappa shape index (κ2) is 9.57. The smallest absolute Gasteiger partial charge is 0.262 e. The number of rotatable bonds is 9. The van der Waals surface area contributed by atoms with Gasteiger partial charge in [-0.15, -0.1) is 0 Å². The van der Waals surface area contributed by atoms with E-state index in [1.54, 1.807) is 48.5 Å². The molecule has 0 aromatic heterocycles. The van der Waals surface area contributed by atoms with E-state index in [2.05, 4.69) is 12.2 Å². The van der Waals surface area contributed by atoms with Crippen LogP contribution < -0.4 is 10.1 Å². The van der Waals surface area contributed by atoms with Gasteiger partial charge in [-0.3, -0.25) is 19.3 Å². The van der Waals surface area contributed by atoms with Crippen molar-refractivity contribution in [3.8, 4) is 5.75 Å². The van der Waals surface area contributed by atoms with E-state index in [0.717, 1.165) is 29.9 Å². The van der Waals surface area contributed by atoms with Crippen molar-refractivity contribution in [1.82, 2.24) is 4.90 Å². The molecular formula is C24H28N2O4. The lowest BCUT2D eigenvalue weighted by molar-refractivity contribution is -0.121. The summed E-state index contributed by atoms with van der Waals surface area (Å²) in [7, 11) is 0. The molecule has 1 N–H and O–H groups in total. The Hall–Kier alpha value is -3.15. The molecular weight excluding hydrogens is 380 g/mol. The molecule has 2 aromatic rings. The molecule has 3 rings (SSSR count). The molecule has 1 heterocycles. The molecule has 0 bridgehead atoms. The number of carbonyl (C=O) groups is 3. The molecule has 0 aliphatic carbocycles. The molecule has 0 saturated carbocycles. The van der Waals surface area contributed by atoms with E-state index in [1.165, 1.54) is 0 Å². The largest absolute Gasteiger partial charge is 0.494 e. The maximum Gasteiger partial charge on any atom is 0.262 e. The fraction of sp³-hybridized carbons (Fsp3) is 0.375. The Balaban J connectivity index is 1.70. The Morgan fingerprint density at radius 2 is 1.57 bits per heavy atom. The predicted octanol–water partition coefficient (Wildman–Crippen LogP) is 4.51. The number of ether oxygens (including phenoxy) is 1. The Morgan fingerprint density at radius 3 is 2.10 bits per heavy atom. The van der Waals surface area contributed by atoms with Crippen molar-refractivity contribution in [1.29, 1.82) is 0 Å². The van der Waals surface area contributed by atoms with Crippen LogP contribution in [0, 0.1) is 5.92 Å². The Labute approximate surface area is 177 Å². The van der Waals surface area contributed by atoms with Crippen molar-refractivity contribution >= 4 is 23.4 Å². The van der Waals surface area contributed by atoms with Gasteiger partial charge in [0.1, 0.15) is 11.8 Å². The van der Waals surface area contributed by atoms with Crippen LogP contribution in [-0.4, -0.2) is 35.3 Å². The molecule has 6 nitrogen and oxygen atoms in total. The van der Waals surface area contributed by atoms with Crippen LogP contribution in [0.5, 0.6) is 5.75 Å². The van der Waals surface area contributed by atoms with Crippen LogP contribution in [0.15, 0.2) is 48.5 Å². The fourth-order valence-electron chi connectivity index (χ4n) is 3.57. The monoisotopic (exact) mass is 408 g/mol. The summed E-state index contributed by atoms with van der Waals surface area (Å²) in [5.74, 6) is -0.755. The third-order valence-corrected chi connectivity index (χ3v) is 5.14. The van der Waals surface area contributed by atoms with Crippen LogP contribution in [0.2, 0.25) is 0 Å². The molecule has 158 valence electrons. The minimum atomic E-state index is -0.901. The topological polar surface area (TPSA) is 75.7 Å². The van der Waals surface area contributed by atoms with Gasteiger partial charge in [0.05, 0.1) is 17.7 Å². The summed E-state index contributed by atoms with van der Waals surface area (Å²) in [6, 6.07) is 12.9. The van der Waals surface area contributed by atoms with Crippen molar-refractivity contribution in [2.75, 3.05) is 11.9 Å². The Morgan fingerprint density at radius 1 is 0.967 bits per heavy atom. The van der Waals surface area contributed by atoms with Gasteiger partial charge in [0, 0.05) is 5.69 Å². The lowest BCUT2D eigenvalue weighted by Crippen LogP contribution is -2.50. The van der Waals surface area contributed by atoms with Gasteiger partial charge < -0.3 is 10.1 Å². The maximum absolute atomic E-state index is 13.0. The van der Waals surface area contributed by atoms with Gasteiger partial charge in [0.25, 0.3) is 11.8 Å². The van der Waals surface area contributed by atoms with Gasteiger partial charge in [-0.25, -0.2) is 0 Å². The standard InChI is InChI=1S/C24H28N2O4/c1-4-5-8-15-30-18-13-11-17(12-14-18)25-22(27)21(16(2)3)26-23(28)19-9-6-7-10-20(19)24(26)29/h6-7,9-14,16,21H,4-5,8,15H2,1-3H3,(H,25,27). The molecule has 0 fully saturated rings. The number of anilines is 1. The summed E-state index contributed by atoms with van der Waals surface area (Å²) in [5, 5.41) is 2.83. The number of amides is 3. The zero-order valence-corrected chi connectivity index (χ0v) is 17.7. The number of fused-ring (bicyclic) bond motifs is 1. The number of nitrogens with zero attached hydrogens (tertiary/aromatic N) is 1. The fourth-order valence-corrected chi connectivity index (χ4v) is 3.57. The van der Waals surface area contributed by atoms with Crippen LogP contribution >= 0.6 is 0 Å². The number of carbonyl (C=O) groups excluding carboxylic acids is 3. The van der Waals surface area contributed by atoms with Gasteiger partial charge >= 0.3 is 0 Å². The van der Waals surface area contributed by atoms with E-state index < -0.39 is 23.8 Å².